The number of nitrogens with one attached hydrogen (secondary N) is 1. The third-order valence-corrected chi connectivity index (χ3v) is 4.52. The first-order valence-electron chi connectivity index (χ1n) is 8.59. The van der Waals surface area contributed by atoms with Crippen LogP contribution >= 0.6 is 0 Å². The average molecular weight is 371 g/mol. The molecule has 0 aliphatic carbocycles. The van der Waals surface area contributed by atoms with Crippen LogP contribution in [-0.2, 0) is 0 Å². The number of carbonyl (C=O) groups is 2. The molecule has 2 atom stereocenters. The summed E-state index contributed by atoms with van der Waals surface area (Å²) in [6.07, 6.45) is -0.291. The summed E-state index contributed by atoms with van der Waals surface area (Å²) >= 11 is 0. The Hall–Kier alpha value is -3.06. The number of hydrogen-bond acceptors (Lipinski definition) is 5. The lowest BCUT2D eigenvalue weighted by Crippen LogP contribution is -2.19. The van der Waals surface area contributed by atoms with Crippen molar-refractivity contribution in [3.05, 3.63) is 58.7 Å². The molecule has 3 N–H and O–H groups in total. The minimum absolute atomic E-state index is 0.0303. The second kappa shape index (κ2) is 7.67. The van der Waals surface area contributed by atoms with E-state index in [1.54, 1.807) is 12.1 Å². The Morgan fingerprint density at radius 1 is 1.26 bits per heavy atom. The summed E-state index contributed by atoms with van der Waals surface area (Å²) < 4.78 is 11.4. The van der Waals surface area contributed by atoms with Crippen LogP contribution in [0.15, 0.2) is 36.4 Å². The Labute approximate surface area is 156 Å². The molecule has 27 heavy (non-hydrogen) atoms. The molecule has 1 heterocycles. The highest BCUT2D eigenvalue weighted by Crippen LogP contribution is 2.45. The summed E-state index contributed by atoms with van der Waals surface area (Å²) in [6.45, 7) is 1.97. The number of amides is 1. The van der Waals surface area contributed by atoms with Crippen molar-refractivity contribution in [3.63, 3.8) is 0 Å². The van der Waals surface area contributed by atoms with Crippen molar-refractivity contribution in [1.82, 2.24) is 5.32 Å². The van der Waals surface area contributed by atoms with Crippen LogP contribution in [-0.4, -0.2) is 48.5 Å². The van der Waals surface area contributed by atoms with Gasteiger partial charge in [0.15, 0.2) is 0 Å². The van der Waals surface area contributed by atoms with E-state index in [0.29, 0.717) is 17.1 Å². The van der Waals surface area contributed by atoms with E-state index in [-0.39, 0.29) is 36.4 Å². The Morgan fingerprint density at radius 3 is 2.70 bits per heavy atom. The van der Waals surface area contributed by atoms with Crippen molar-refractivity contribution in [1.29, 1.82) is 0 Å². The monoisotopic (exact) mass is 371 g/mol. The predicted molar refractivity (Wildman–Crippen MR) is 97.7 cm³/mol. The Bertz CT molecular complexity index is 879. The standard InChI is InChI=1S/C20H21NO6/c1-11-17(12-4-3-5-14(8-12)26-7-6-22)15-9-13(20(24)25)10-16(18(15)27-11)19(23)21-2/h3-5,8-11,17,22H,6-7H2,1-2H3,(H,21,23)(H,24,25). The number of aliphatic hydroxyl groups excluding tert-OH is 1. The second-order valence-corrected chi connectivity index (χ2v) is 6.27. The third-order valence-electron chi connectivity index (χ3n) is 4.52. The maximum Gasteiger partial charge on any atom is 0.335 e. The van der Waals surface area contributed by atoms with Crippen molar-refractivity contribution in [2.24, 2.45) is 0 Å². The number of hydrogen-bond donors (Lipinski definition) is 3. The van der Waals surface area contributed by atoms with Crippen LogP contribution in [0, 0.1) is 0 Å². The van der Waals surface area contributed by atoms with Gasteiger partial charge in [0.25, 0.3) is 5.91 Å². The van der Waals surface area contributed by atoms with Crippen LogP contribution in [0.4, 0.5) is 0 Å². The van der Waals surface area contributed by atoms with Crippen LogP contribution < -0.4 is 14.8 Å². The zero-order valence-corrected chi connectivity index (χ0v) is 15.1. The van der Waals surface area contributed by atoms with Gasteiger partial charge in [-0.05, 0) is 36.8 Å². The first-order chi connectivity index (χ1) is 13.0. The molecule has 1 aliphatic heterocycles. The van der Waals surface area contributed by atoms with E-state index in [0.717, 1.165) is 5.56 Å². The fraction of sp³-hybridized carbons (Fsp3) is 0.300. The zero-order valence-electron chi connectivity index (χ0n) is 15.1. The molecule has 2 aromatic rings. The quantitative estimate of drug-likeness (QED) is 0.718. The SMILES string of the molecule is CNC(=O)c1cc(C(=O)O)cc2c1OC(C)C2c1cccc(OCCO)c1. The van der Waals surface area contributed by atoms with Crippen LogP contribution in [0.2, 0.25) is 0 Å². The first kappa shape index (κ1) is 18.7. The maximum absolute atomic E-state index is 12.2. The molecule has 0 saturated heterocycles. The molecular formula is C20H21NO6. The lowest BCUT2D eigenvalue weighted by Gasteiger charge is -2.16. The molecule has 1 amide bonds. The molecule has 1 aliphatic rings. The maximum atomic E-state index is 12.2. The molecule has 0 aromatic heterocycles. The minimum Gasteiger partial charge on any atom is -0.491 e. The van der Waals surface area contributed by atoms with Crippen LogP contribution in [0.5, 0.6) is 11.5 Å². The van der Waals surface area contributed by atoms with E-state index in [9.17, 15) is 14.7 Å². The van der Waals surface area contributed by atoms with Crippen LogP contribution in [0.25, 0.3) is 0 Å². The highest BCUT2D eigenvalue weighted by atomic mass is 16.5. The molecule has 2 unspecified atom stereocenters. The van der Waals surface area contributed by atoms with E-state index in [1.165, 1.54) is 13.1 Å². The highest BCUT2D eigenvalue weighted by molar-refractivity contribution is 6.00. The van der Waals surface area contributed by atoms with Gasteiger partial charge in [-0.2, -0.15) is 0 Å². The molecule has 142 valence electrons. The number of ether oxygens (including phenoxy) is 2. The summed E-state index contributed by atoms with van der Waals surface area (Å²) in [5.41, 5.74) is 1.76. The van der Waals surface area contributed by atoms with Gasteiger partial charge < -0.3 is 25.0 Å². The van der Waals surface area contributed by atoms with Gasteiger partial charge >= 0.3 is 5.97 Å². The lowest BCUT2D eigenvalue weighted by atomic mass is 9.87. The second-order valence-electron chi connectivity index (χ2n) is 6.27. The Kier molecular flexibility index (Phi) is 5.32. The number of aromatic carboxylic acids is 1. The minimum atomic E-state index is -1.11. The number of carbonyl (C=O) groups excluding carboxylic acids is 1. The molecule has 0 radical (unpaired) electrons. The fourth-order valence-electron chi connectivity index (χ4n) is 3.36. The zero-order chi connectivity index (χ0) is 19.6. The van der Waals surface area contributed by atoms with Gasteiger partial charge in [-0.25, -0.2) is 4.79 Å². The molecule has 3 rings (SSSR count). The summed E-state index contributed by atoms with van der Waals surface area (Å²) in [5, 5.41) is 20.9. The number of carboxylic acid groups (broad SMARTS) is 1. The number of rotatable bonds is 6. The summed E-state index contributed by atoms with van der Waals surface area (Å²) in [5.74, 6) is -0.759. The van der Waals surface area contributed by atoms with E-state index >= 15 is 0 Å². The van der Waals surface area contributed by atoms with Gasteiger partial charge in [0.05, 0.1) is 17.7 Å². The number of carboxylic acids is 1. The van der Waals surface area contributed by atoms with Gasteiger partial charge in [-0.1, -0.05) is 12.1 Å². The van der Waals surface area contributed by atoms with Gasteiger partial charge in [-0.15, -0.1) is 0 Å². The fourth-order valence-corrected chi connectivity index (χ4v) is 3.36. The number of benzene rings is 2. The molecule has 0 fully saturated rings. The van der Waals surface area contributed by atoms with Crippen LogP contribution in [0.1, 0.15) is 44.7 Å². The van der Waals surface area contributed by atoms with E-state index in [4.69, 9.17) is 14.6 Å². The predicted octanol–water partition coefficient (Wildman–Crippen LogP) is 2.03. The Morgan fingerprint density at radius 2 is 2.04 bits per heavy atom. The van der Waals surface area contributed by atoms with Crippen molar-refractivity contribution in [3.8, 4) is 11.5 Å². The molecule has 7 heteroatoms. The first-order valence-corrected chi connectivity index (χ1v) is 8.59. The van der Waals surface area contributed by atoms with Gasteiger partial charge in [-0.3, -0.25) is 4.79 Å². The average Bonchev–Trinajstić information content (AvgIpc) is 3.00. The van der Waals surface area contributed by atoms with E-state index < -0.39 is 11.9 Å². The topological polar surface area (TPSA) is 105 Å². The summed E-state index contributed by atoms with van der Waals surface area (Å²) in [6, 6.07) is 10.2. The van der Waals surface area contributed by atoms with Crippen molar-refractivity contribution in [2.45, 2.75) is 18.9 Å². The summed E-state index contributed by atoms with van der Waals surface area (Å²) in [4.78, 5) is 23.8. The third kappa shape index (κ3) is 3.59. The summed E-state index contributed by atoms with van der Waals surface area (Å²) in [7, 11) is 1.49. The van der Waals surface area contributed by atoms with Crippen molar-refractivity contribution < 1.29 is 29.3 Å². The molecule has 0 spiro atoms. The normalized spacial score (nSPS) is 17.7. The van der Waals surface area contributed by atoms with Gasteiger partial charge in [0.1, 0.15) is 24.2 Å². The van der Waals surface area contributed by atoms with Crippen molar-refractivity contribution >= 4 is 11.9 Å². The van der Waals surface area contributed by atoms with E-state index in [1.807, 2.05) is 25.1 Å². The molecular weight excluding hydrogens is 350 g/mol. The highest BCUT2D eigenvalue weighted by Gasteiger charge is 2.36. The number of aliphatic hydroxyl groups is 1. The molecule has 2 aromatic carbocycles. The molecule has 0 saturated carbocycles. The van der Waals surface area contributed by atoms with Crippen molar-refractivity contribution in [2.75, 3.05) is 20.3 Å². The van der Waals surface area contributed by atoms with E-state index in [2.05, 4.69) is 5.32 Å². The number of fused-ring (bicyclic) bond motifs is 1. The molecule has 0 bridgehead atoms. The van der Waals surface area contributed by atoms with Crippen LogP contribution in [0.3, 0.4) is 0 Å². The van der Waals surface area contributed by atoms with Gasteiger partial charge in [0.2, 0.25) is 0 Å². The Balaban J connectivity index is 2.10. The van der Waals surface area contributed by atoms with Gasteiger partial charge in [0, 0.05) is 18.5 Å². The largest absolute Gasteiger partial charge is 0.491 e. The lowest BCUT2D eigenvalue weighted by molar-refractivity contribution is 0.0696. The smallest absolute Gasteiger partial charge is 0.335 e. The molecule has 7 nitrogen and oxygen atoms in total.